The van der Waals surface area contributed by atoms with Crippen LogP contribution in [0.25, 0.3) is 11.0 Å². The van der Waals surface area contributed by atoms with E-state index in [0.29, 0.717) is 33.1 Å². The first-order chi connectivity index (χ1) is 16.6. The second-order valence-electron chi connectivity index (χ2n) is 8.21. The Balaban J connectivity index is 1.71. The monoisotopic (exact) mass is 459 g/mol. The van der Waals surface area contributed by atoms with Crippen molar-refractivity contribution >= 4 is 16.9 Å². The predicted molar refractivity (Wildman–Crippen MR) is 130 cm³/mol. The highest BCUT2D eigenvalue weighted by atomic mass is 16.5. The van der Waals surface area contributed by atoms with Gasteiger partial charge < -0.3 is 14.7 Å². The molecule has 34 heavy (non-hydrogen) atoms. The van der Waals surface area contributed by atoms with Gasteiger partial charge in [-0.15, -0.1) is 4.85 Å². The molecule has 0 spiro atoms. The molecule has 0 amide bonds. The lowest BCUT2D eigenvalue weighted by Gasteiger charge is -2.19. The minimum Gasteiger partial charge on any atom is -0.691 e. The quantitative estimate of drug-likeness (QED) is 0.218. The van der Waals surface area contributed by atoms with Crippen LogP contribution in [0.4, 0.5) is 0 Å². The first-order valence-electron chi connectivity index (χ1n) is 11.8. The van der Waals surface area contributed by atoms with Gasteiger partial charge in [0.25, 0.3) is 0 Å². The van der Waals surface area contributed by atoms with Gasteiger partial charge in [-0.1, -0.05) is 68.1 Å². The topological polar surface area (TPSA) is 80.3 Å². The van der Waals surface area contributed by atoms with Crippen molar-refractivity contribution in [3.63, 3.8) is 0 Å². The third-order valence-corrected chi connectivity index (χ3v) is 5.63. The molecule has 0 aliphatic heterocycles. The van der Waals surface area contributed by atoms with Crippen molar-refractivity contribution in [3.8, 4) is 17.2 Å². The van der Waals surface area contributed by atoms with Crippen LogP contribution in [0.3, 0.4) is 0 Å². The summed E-state index contributed by atoms with van der Waals surface area (Å²) in [5.74, 6) is 1.12. The van der Waals surface area contributed by atoms with Crippen molar-refractivity contribution < 1.29 is 19.1 Å². The highest BCUT2D eigenvalue weighted by Gasteiger charge is 2.26. The van der Waals surface area contributed by atoms with Crippen molar-refractivity contribution in [2.24, 2.45) is 0 Å². The lowest BCUT2D eigenvalue weighted by Crippen LogP contribution is -2.31. The number of ether oxygens (including phenoxy) is 2. The Morgan fingerprint density at radius 1 is 0.971 bits per heavy atom. The first-order valence-corrected chi connectivity index (χ1v) is 11.8. The van der Waals surface area contributed by atoms with Crippen LogP contribution in [0.1, 0.15) is 56.3 Å². The molecule has 0 aliphatic carbocycles. The van der Waals surface area contributed by atoms with Gasteiger partial charge in [-0.2, -0.15) is 0 Å². The van der Waals surface area contributed by atoms with Crippen LogP contribution in [-0.4, -0.2) is 21.9 Å². The number of rotatable bonds is 10. The van der Waals surface area contributed by atoms with Crippen molar-refractivity contribution in [2.75, 3.05) is 0 Å². The standard InChI is InChI=1S/C27H29N3O4/c1-3-5-12-20(11-4-2)33-22-17-18-23(26(19-22)34-21-13-7-6-8-14-21)27(31)29-24-15-9-10-16-25(24)30(32)28-29/h6-10,13-20H,3-5,11-12H2,1-2H3. The van der Waals surface area contributed by atoms with E-state index >= 15 is 0 Å². The minimum atomic E-state index is -0.459. The Labute approximate surface area is 199 Å². The van der Waals surface area contributed by atoms with Crippen LogP contribution < -0.4 is 14.3 Å². The molecule has 1 aromatic heterocycles. The average Bonchev–Trinajstić information content (AvgIpc) is 3.20. The van der Waals surface area contributed by atoms with Gasteiger partial charge in [0.2, 0.25) is 11.0 Å². The van der Waals surface area contributed by atoms with Crippen LogP contribution in [0.2, 0.25) is 0 Å². The van der Waals surface area contributed by atoms with Gasteiger partial charge in [0.1, 0.15) is 28.0 Å². The SMILES string of the molecule is CCCCC(CCC)Oc1ccc(C(=O)n2n[n+]([O-])c3ccccc32)c(Oc2ccccc2)c1. The number of para-hydroxylation sites is 3. The second-order valence-corrected chi connectivity index (χ2v) is 8.21. The molecule has 1 atom stereocenters. The molecule has 0 fully saturated rings. The van der Waals surface area contributed by atoms with E-state index in [9.17, 15) is 10.0 Å². The van der Waals surface area contributed by atoms with Crippen LogP contribution in [0.15, 0.2) is 72.8 Å². The molecule has 0 aliphatic rings. The third-order valence-electron chi connectivity index (χ3n) is 5.63. The number of aromatic nitrogens is 3. The maximum atomic E-state index is 13.5. The molecule has 4 aromatic rings. The van der Waals surface area contributed by atoms with E-state index in [0.717, 1.165) is 36.8 Å². The van der Waals surface area contributed by atoms with E-state index in [4.69, 9.17) is 9.47 Å². The van der Waals surface area contributed by atoms with Crippen molar-refractivity contribution in [1.82, 2.24) is 9.90 Å². The number of carbonyl (C=O) groups is 1. The number of carbonyl (C=O) groups excluding carboxylic acids is 1. The summed E-state index contributed by atoms with van der Waals surface area (Å²) in [4.78, 5) is 13.9. The van der Waals surface area contributed by atoms with Gasteiger partial charge in [0, 0.05) is 6.07 Å². The highest BCUT2D eigenvalue weighted by Crippen LogP contribution is 2.31. The number of benzene rings is 3. The Morgan fingerprint density at radius 3 is 2.50 bits per heavy atom. The Morgan fingerprint density at radius 2 is 1.74 bits per heavy atom. The fraction of sp³-hybridized carbons (Fsp3) is 0.296. The molecule has 4 rings (SSSR count). The number of hydrogen-bond donors (Lipinski definition) is 0. The van der Waals surface area contributed by atoms with Gasteiger partial charge in [0.15, 0.2) is 0 Å². The molecule has 0 radical (unpaired) electrons. The Hall–Kier alpha value is -3.87. The van der Waals surface area contributed by atoms with Crippen LogP contribution in [0, 0.1) is 5.21 Å². The van der Waals surface area contributed by atoms with Crippen LogP contribution in [-0.2, 0) is 0 Å². The van der Waals surface area contributed by atoms with Crippen molar-refractivity contribution in [2.45, 2.75) is 52.1 Å². The molecular weight excluding hydrogens is 430 g/mol. The normalized spacial score (nSPS) is 11.9. The molecule has 0 bridgehead atoms. The lowest BCUT2D eigenvalue weighted by atomic mass is 10.1. The van der Waals surface area contributed by atoms with E-state index < -0.39 is 5.91 Å². The molecule has 3 aromatic carbocycles. The zero-order chi connectivity index (χ0) is 23.9. The van der Waals surface area contributed by atoms with Gasteiger partial charge in [-0.3, -0.25) is 0 Å². The Kier molecular flexibility index (Phi) is 7.42. The van der Waals surface area contributed by atoms with E-state index in [1.54, 1.807) is 42.5 Å². The zero-order valence-corrected chi connectivity index (χ0v) is 19.5. The second kappa shape index (κ2) is 10.8. The first kappa shape index (κ1) is 23.3. The third kappa shape index (κ3) is 5.20. The predicted octanol–water partition coefficient (Wildman–Crippen LogP) is 5.89. The summed E-state index contributed by atoms with van der Waals surface area (Å²) in [7, 11) is 0. The fourth-order valence-electron chi connectivity index (χ4n) is 3.91. The smallest absolute Gasteiger partial charge is 0.370 e. The highest BCUT2D eigenvalue weighted by molar-refractivity contribution is 6.02. The summed E-state index contributed by atoms with van der Waals surface area (Å²) in [5.41, 5.74) is 1.03. The molecular formula is C27H29N3O4. The number of nitrogens with zero attached hydrogens (tertiary/aromatic N) is 3. The summed E-state index contributed by atoms with van der Waals surface area (Å²) in [6.07, 6.45) is 5.26. The summed E-state index contributed by atoms with van der Waals surface area (Å²) in [6.45, 7) is 4.31. The van der Waals surface area contributed by atoms with Crippen LogP contribution in [0.5, 0.6) is 17.2 Å². The molecule has 0 saturated carbocycles. The minimum absolute atomic E-state index is 0.102. The fourth-order valence-corrected chi connectivity index (χ4v) is 3.91. The molecule has 0 N–H and O–H groups in total. The largest absolute Gasteiger partial charge is 0.691 e. The maximum absolute atomic E-state index is 13.5. The van der Waals surface area contributed by atoms with Crippen molar-refractivity contribution in [1.29, 1.82) is 0 Å². The van der Waals surface area contributed by atoms with E-state index in [2.05, 4.69) is 19.1 Å². The molecule has 7 heteroatoms. The van der Waals surface area contributed by atoms with Crippen LogP contribution >= 0.6 is 0 Å². The van der Waals surface area contributed by atoms with Gasteiger partial charge in [-0.25, -0.2) is 4.79 Å². The van der Waals surface area contributed by atoms with E-state index in [1.165, 1.54) is 0 Å². The molecule has 176 valence electrons. The van der Waals surface area contributed by atoms with Gasteiger partial charge in [-0.05, 0) is 49.2 Å². The Bertz CT molecular complexity index is 1250. The summed E-state index contributed by atoms with van der Waals surface area (Å²) >= 11 is 0. The molecule has 1 heterocycles. The summed E-state index contributed by atoms with van der Waals surface area (Å²) in [5, 5.41) is 16.1. The average molecular weight is 460 g/mol. The number of fused-ring (bicyclic) bond motifs is 1. The van der Waals surface area contributed by atoms with Gasteiger partial charge >= 0.3 is 5.91 Å². The van der Waals surface area contributed by atoms with E-state index in [1.807, 2.05) is 30.3 Å². The maximum Gasteiger partial charge on any atom is 0.370 e. The zero-order valence-electron chi connectivity index (χ0n) is 19.5. The molecule has 7 nitrogen and oxygen atoms in total. The van der Waals surface area contributed by atoms with Gasteiger partial charge in [0.05, 0.1) is 6.10 Å². The lowest BCUT2D eigenvalue weighted by molar-refractivity contribution is -0.645. The van der Waals surface area contributed by atoms with Crippen molar-refractivity contribution in [3.05, 3.63) is 83.6 Å². The molecule has 1 unspecified atom stereocenters. The number of hydrogen-bond acceptors (Lipinski definition) is 5. The summed E-state index contributed by atoms with van der Waals surface area (Å²) in [6, 6.07) is 21.2. The van der Waals surface area contributed by atoms with E-state index in [-0.39, 0.29) is 11.7 Å². The molecule has 0 saturated heterocycles. The summed E-state index contributed by atoms with van der Waals surface area (Å²) < 4.78 is 13.5. The number of unbranched alkanes of at least 4 members (excludes halogenated alkanes) is 1.